The minimum absolute atomic E-state index is 0.158. The maximum atomic E-state index is 8.64. The minimum Gasteiger partial charge on any atom is -0.492 e. The lowest BCUT2D eigenvalue weighted by molar-refractivity contribution is 0.276. The number of hydrogen-bond donors (Lipinski definition) is 2. The number of rotatable bonds is 7. The van der Waals surface area contributed by atoms with Gasteiger partial charge >= 0.3 is 0 Å². The molecule has 106 valence electrons. The number of hydrogen-bond acceptors (Lipinski definition) is 3. The van der Waals surface area contributed by atoms with Gasteiger partial charge in [-0.05, 0) is 30.2 Å². The average Bonchev–Trinajstić information content (AvgIpc) is 2.49. The molecule has 0 amide bonds. The summed E-state index contributed by atoms with van der Waals surface area (Å²) >= 11 is 0. The Kier molecular flexibility index (Phi) is 5.59. The highest BCUT2D eigenvalue weighted by Crippen LogP contribution is 2.22. The van der Waals surface area contributed by atoms with Crippen molar-refractivity contribution in [3.8, 4) is 16.9 Å². The molecule has 0 unspecified atom stereocenters. The largest absolute Gasteiger partial charge is 0.492 e. The molecule has 0 spiro atoms. The second-order valence-corrected chi connectivity index (χ2v) is 4.71. The van der Waals surface area contributed by atoms with Crippen LogP contribution in [0.2, 0.25) is 0 Å². The highest BCUT2D eigenvalue weighted by molar-refractivity contribution is 5.64. The van der Waals surface area contributed by atoms with Crippen molar-refractivity contribution in [2.24, 2.45) is 0 Å². The summed E-state index contributed by atoms with van der Waals surface area (Å²) in [4.78, 5) is 0. The lowest BCUT2D eigenvalue weighted by atomic mass is 10.0. The summed E-state index contributed by atoms with van der Waals surface area (Å²) in [6.07, 6.45) is 0. The van der Waals surface area contributed by atoms with Gasteiger partial charge in [0.25, 0.3) is 0 Å². The van der Waals surface area contributed by atoms with Crippen molar-refractivity contribution >= 4 is 0 Å². The molecule has 0 aliphatic rings. The molecule has 0 saturated carbocycles. The fourth-order valence-electron chi connectivity index (χ4n) is 1.93. The topological polar surface area (TPSA) is 41.5 Å². The number of ether oxygens (including phenoxy) is 1. The van der Waals surface area contributed by atoms with Crippen LogP contribution in [0.4, 0.5) is 0 Å². The smallest absolute Gasteiger partial charge is 0.119 e. The number of nitrogens with one attached hydrogen (secondary N) is 1. The van der Waals surface area contributed by atoms with Gasteiger partial charge in [0.05, 0.1) is 6.61 Å². The molecule has 3 nitrogen and oxygen atoms in total. The van der Waals surface area contributed by atoms with Gasteiger partial charge in [-0.2, -0.15) is 0 Å². The van der Waals surface area contributed by atoms with Gasteiger partial charge in [-0.25, -0.2) is 0 Å². The Morgan fingerprint density at radius 2 is 1.50 bits per heavy atom. The number of aryl methyl sites for hydroxylation is 1. The van der Waals surface area contributed by atoms with Gasteiger partial charge in [0.15, 0.2) is 0 Å². The summed E-state index contributed by atoms with van der Waals surface area (Å²) in [5.74, 6) is 0.867. The predicted octanol–water partition coefficient (Wildman–Crippen LogP) is 2.62. The first kappa shape index (κ1) is 14.6. The molecule has 2 N–H and O–H groups in total. The molecule has 0 radical (unpaired) electrons. The molecule has 2 rings (SSSR count). The Hall–Kier alpha value is -1.84. The molecule has 0 aromatic heterocycles. The van der Waals surface area contributed by atoms with E-state index in [-0.39, 0.29) is 6.61 Å². The van der Waals surface area contributed by atoms with Gasteiger partial charge in [0, 0.05) is 13.1 Å². The number of aliphatic hydroxyl groups is 1. The molecule has 0 aliphatic carbocycles. The second-order valence-electron chi connectivity index (χ2n) is 4.71. The van der Waals surface area contributed by atoms with E-state index in [1.165, 1.54) is 16.7 Å². The molecule has 0 fully saturated rings. The molecule has 0 aliphatic heterocycles. The van der Waals surface area contributed by atoms with E-state index >= 15 is 0 Å². The van der Waals surface area contributed by atoms with Gasteiger partial charge in [0.1, 0.15) is 12.4 Å². The van der Waals surface area contributed by atoms with Gasteiger partial charge < -0.3 is 15.2 Å². The van der Waals surface area contributed by atoms with Crippen molar-refractivity contribution in [3.05, 3.63) is 54.1 Å². The molecular weight excluding hydrogens is 250 g/mol. The maximum absolute atomic E-state index is 8.64. The predicted molar refractivity (Wildman–Crippen MR) is 82.1 cm³/mol. The molecule has 2 aromatic rings. The van der Waals surface area contributed by atoms with E-state index in [0.29, 0.717) is 13.2 Å². The van der Waals surface area contributed by atoms with E-state index in [1.807, 2.05) is 12.1 Å². The van der Waals surface area contributed by atoms with Crippen LogP contribution in [-0.2, 0) is 0 Å². The Balaban J connectivity index is 1.88. The zero-order valence-corrected chi connectivity index (χ0v) is 11.8. The second kappa shape index (κ2) is 7.68. The van der Waals surface area contributed by atoms with Gasteiger partial charge in [0.2, 0.25) is 0 Å². The summed E-state index contributed by atoms with van der Waals surface area (Å²) in [5.41, 5.74) is 3.67. The summed E-state index contributed by atoms with van der Waals surface area (Å²) in [5, 5.41) is 11.7. The van der Waals surface area contributed by atoms with E-state index in [2.05, 4.69) is 48.6 Å². The van der Waals surface area contributed by atoms with Crippen molar-refractivity contribution in [1.82, 2.24) is 5.32 Å². The zero-order valence-electron chi connectivity index (χ0n) is 11.8. The van der Waals surface area contributed by atoms with Gasteiger partial charge in [-0.1, -0.05) is 42.0 Å². The van der Waals surface area contributed by atoms with Crippen molar-refractivity contribution in [2.45, 2.75) is 6.92 Å². The lowest BCUT2D eigenvalue weighted by Crippen LogP contribution is -2.23. The lowest BCUT2D eigenvalue weighted by Gasteiger charge is -2.08. The van der Waals surface area contributed by atoms with Crippen LogP contribution in [-0.4, -0.2) is 31.4 Å². The summed E-state index contributed by atoms with van der Waals surface area (Å²) < 4.78 is 5.62. The third kappa shape index (κ3) is 4.37. The van der Waals surface area contributed by atoms with Crippen molar-refractivity contribution in [1.29, 1.82) is 0 Å². The first-order valence-electron chi connectivity index (χ1n) is 6.91. The average molecular weight is 271 g/mol. The molecular formula is C17H21NO2. The normalized spacial score (nSPS) is 10.5. The Morgan fingerprint density at radius 1 is 0.900 bits per heavy atom. The van der Waals surface area contributed by atoms with Crippen molar-refractivity contribution in [3.63, 3.8) is 0 Å². The minimum atomic E-state index is 0.158. The van der Waals surface area contributed by atoms with Gasteiger partial charge in [-0.3, -0.25) is 0 Å². The SMILES string of the molecule is Cc1ccc(-c2ccc(OCCNCCO)cc2)cc1. The van der Waals surface area contributed by atoms with Crippen LogP contribution in [0, 0.1) is 6.92 Å². The van der Waals surface area contributed by atoms with Crippen molar-refractivity contribution < 1.29 is 9.84 Å². The maximum Gasteiger partial charge on any atom is 0.119 e. The van der Waals surface area contributed by atoms with Crippen LogP contribution < -0.4 is 10.1 Å². The first-order chi connectivity index (χ1) is 9.79. The first-order valence-corrected chi connectivity index (χ1v) is 6.91. The molecule has 0 saturated heterocycles. The van der Waals surface area contributed by atoms with E-state index in [4.69, 9.17) is 9.84 Å². The third-order valence-electron chi connectivity index (χ3n) is 3.08. The summed E-state index contributed by atoms with van der Waals surface area (Å²) in [7, 11) is 0. The standard InChI is InChI=1S/C17H21NO2/c1-14-2-4-15(5-3-14)16-6-8-17(9-7-16)20-13-11-18-10-12-19/h2-9,18-19H,10-13H2,1H3. The summed E-state index contributed by atoms with van der Waals surface area (Å²) in [6, 6.07) is 16.6. The fourth-order valence-corrected chi connectivity index (χ4v) is 1.93. The van der Waals surface area contributed by atoms with Crippen LogP contribution >= 0.6 is 0 Å². The summed E-state index contributed by atoms with van der Waals surface area (Å²) in [6.45, 7) is 4.19. The van der Waals surface area contributed by atoms with Crippen molar-refractivity contribution in [2.75, 3.05) is 26.3 Å². The van der Waals surface area contributed by atoms with Gasteiger partial charge in [-0.15, -0.1) is 0 Å². The van der Waals surface area contributed by atoms with Crippen LogP contribution in [0.5, 0.6) is 5.75 Å². The van der Waals surface area contributed by atoms with Crippen LogP contribution in [0.15, 0.2) is 48.5 Å². The third-order valence-corrected chi connectivity index (χ3v) is 3.08. The van der Waals surface area contributed by atoms with E-state index in [1.54, 1.807) is 0 Å². The Morgan fingerprint density at radius 3 is 2.10 bits per heavy atom. The fraction of sp³-hybridized carbons (Fsp3) is 0.294. The van der Waals surface area contributed by atoms with Crippen LogP contribution in [0.25, 0.3) is 11.1 Å². The molecule has 0 heterocycles. The quantitative estimate of drug-likeness (QED) is 0.761. The molecule has 2 aromatic carbocycles. The number of aliphatic hydroxyl groups excluding tert-OH is 1. The highest BCUT2D eigenvalue weighted by Gasteiger charge is 1.98. The molecule has 0 atom stereocenters. The van der Waals surface area contributed by atoms with E-state index < -0.39 is 0 Å². The van der Waals surface area contributed by atoms with Crippen LogP contribution in [0.3, 0.4) is 0 Å². The highest BCUT2D eigenvalue weighted by atomic mass is 16.5. The molecule has 3 heteroatoms. The monoisotopic (exact) mass is 271 g/mol. The zero-order chi connectivity index (χ0) is 14.2. The van der Waals surface area contributed by atoms with E-state index in [9.17, 15) is 0 Å². The van der Waals surface area contributed by atoms with Crippen LogP contribution in [0.1, 0.15) is 5.56 Å². The Bertz CT molecular complexity index is 506. The Labute approximate surface area is 120 Å². The number of benzene rings is 2. The molecule has 20 heavy (non-hydrogen) atoms. The molecule has 0 bridgehead atoms. The van der Waals surface area contributed by atoms with E-state index in [0.717, 1.165) is 12.3 Å².